The molecule has 1 fully saturated rings. The van der Waals surface area contributed by atoms with Gasteiger partial charge in [-0.05, 0) is 56.2 Å². The molecular formula is C24H24N4O4. The van der Waals surface area contributed by atoms with E-state index in [-0.39, 0.29) is 30.1 Å². The molecule has 0 spiro atoms. The molecule has 2 atom stereocenters. The lowest BCUT2D eigenvalue weighted by Crippen LogP contribution is -2.37. The summed E-state index contributed by atoms with van der Waals surface area (Å²) in [6, 6.07) is 13.7. The molecule has 164 valence electrons. The van der Waals surface area contributed by atoms with Crippen LogP contribution in [0.2, 0.25) is 0 Å². The van der Waals surface area contributed by atoms with E-state index in [4.69, 9.17) is 4.74 Å². The van der Waals surface area contributed by atoms with E-state index in [1.54, 1.807) is 29.2 Å². The van der Waals surface area contributed by atoms with Crippen molar-refractivity contribution in [3.63, 3.8) is 0 Å². The third-order valence-corrected chi connectivity index (χ3v) is 6.05. The van der Waals surface area contributed by atoms with Crippen molar-refractivity contribution in [3.05, 3.63) is 54.1 Å². The molecule has 1 saturated heterocycles. The number of benzene rings is 2. The lowest BCUT2D eigenvalue weighted by molar-refractivity contribution is -0.124. The van der Waals surface area contributed by atoms with Crippen LogP contribution >= 0.6 is 0 Å². The number of ether oxygens (including phenoxy) is 1. The lowest BCUT2D eigenvalue weighted by Gasteiger charge is -2.19. The molecule has 2 amide bonds. The molecule has 2 aromatic carbocycles. The van der Waals surface area contributed by atoms with Gasteiger partial charge in [-0.15, -0.1) is 0 Å². The van der Waals surface area contributed by atoms with E-state index in [0.717, 1.165) is 23.9 Å². The standard InChI is InChI=1S/C24H24N4O4/c1-15(29)16-8-10-17(11-9-16)25-22(30)13-21-23(31)27(14-18-5-4-12-32-18)24-26-19-6-2-3-7-20(19)28(21)24/h2-3,6-11,18,21H,4-5,12-14H2,1H3,(H,25,30). The summed E-state index contributed by atoms with van der Waals surface area (Å²) < 4.78 is 7.61. The number of amides is 2. The van der Waals surface area contributed by atoms with Gasteiger partial charge in [0.2, 0.25) is 11.9 Å². The number of para-hydroxylation sites is 2. The molecular weight excluding hydrogens is 408 g/mol. The average Bonchev–Trinajstić information content (AvgIpc) is 3.48. The predicted octanol–water partition coefficient (Wildman–Crippen LogP) is 3.33. The number of nitrogens with zero attached hydrogens (tertiary/aromatic N) is 3. The van der Waals surface area contributed by atoms with Gasteiger partial charge in [0.05, 0.1) is 30.1 Å². The van der Waals surface area contributed by atoms with Crippen LogP contribution in [0.4, 0.5) is 11.6 Å². The van der Waals surface area contributed by atoms with E-state index in [1.807, 2.05) is 28.8 Å². The molecule has 3 aromatic rings. The minimum absolute atomic E-state index is 0.0112. The van der Waals surface area contributed by atoms with Gasteiger partial charge in [0.1, 0.15) is 6.04 Å². The first kappa shape index (κ1) is 20.4. The van der Waals surface area contributed by atoms with Crippen LogP contribution in [0.1, 0.15) is 42.6 Å². The Morgan fingerprint density at radius 3 is 2.66 bits per heavy atom. The SMILES string of the molecule is CC(=O)c1ccc(NC(=O)CC2C(=O)N(CC3CCCO3)c3nc4ccccc4n32)cc1. The zero-order valence-electron chi connectivity index (χ0n) is 17.8. The van der Waals surface area contributed by atoms with E-state index >= 15 is 0 Å². The topological polar surface area (TPSA) is 93.5 Å². The van der Waals surface area contributed by atoms with Crippen molar-refractivity contribution in [2.75, 3.05) is 23.4 Å². The predicted molar refractivity (Wildman–Crippen MR) is 120 cm³/mol. The van der Waals surface area contributed by atoms with E-state index in [0.29, 0.717) is 30.4 Å². The summed E-state index contributed by atoms with van der Waals surface area (Å²) in [5.74, 6) is 0.109. The molecule has 8 nitrogen and oxygen atoms in total. The smallest absolute Gasteiger partial charge is 0.253 e. The minimum atomic E-state index is -0.671. The van der Waals surface area contributed by atoms with Gasteiger partial charge < -0.3 is 10.1 Å². The summed E-state index contributed by atoms with van der Waals surface area (Å²) in [6.45, 7) is 2.64. The largest absolute Gasteiger partial charge is 0.376 e. The van der Waals surface area contributed by atoms with Crippen LogP contribution < -0.4 is 10.2 Å². The summed E-state index contributed by atoms with van der Waals surface area (Å²) in [6.07, 6.45) is 1.87. The quantitative estimate of drug-likeness (QED) is 0.603. The first-order chi connectivity index (χ1) is 15.5. The number of carbonyl (C=O) groups excluding carboxylic acids is 3. The highest BCUT2D eigenvalue weighted by Gasteiger charge is 2.42. The number of anilines is 2. The van der Waals surface area contributed by atoms with Crippen LogP contribution in [0.15, 0.2) is 48.5 Å². The molecule has 0 aliphatic carbocycles. The highest BCUT2D eigenvalue weighted by atomic mass is 16.5. The molecule has 1 aromatic heterocycles. The third-order valence-electron chi connectivity index (χ3n) is 6.05. The molecule has 1 N–H and O–H groups in total. The van der Waals surface area contributed by atoms with E-state index in [1.165, 1.54) is 6.92 Å². The second kappa shape index (κ2) is 8.20. The Labute approximate surface area is 185 Å². The fourth-order valence-corrected chi connectivity index (χ4v) is 4.44. The molecule has 0 bridgehead atoms. The number of nitrogens with one attached hydrogen (secondary N) is 1. The Morgan fingerprint density at radius 2 is 1.94 bits per heavy atom. The van der Waals surface area contributed by atoms with Gasteiger partial charge in [-0.3, -0.25) is 23.9 Å². The highest BCUT2D eigenvalue weighted by Crippen LogP contribution is 2.37. The van der Waals surface area contributed by atoms with E-state index < -0.39 is 6.04 Å². The van der Waals surface area contributed by atoms with Crippen LogP contribution in [-0.2, 0) is 14.3 Å². The second-order valence-corrected chi connectivity index (χ2v) is 8.26. The number of fused-ring (bicyclic) bond motifs is 3. The number of imidazole rings is 1. The third kappa shape index (κ3) is 3.67. The summed E-state index contributed by atoms with van der Waals surface area (Å²) in [5, 5.41) is 2.84. The lowest BCUT2D eigenvalue weighted by atomic mass is 10.1. The Morgan fingerprint density at radius 1 is 1.16 bits per heavy atom. The maximum atomic E-state index is 13.4. The fourth-order valence-electron chi connectivity index (χ4n) is 4.44. The molecule has 2 aliphatic heterocycles. The molecule has 5 rings (SSSR count). The summed E-state index contributed by atoms with van der Waals surface area (Å²) in [4.78, 5) is 44.0. The number of hydrogen-bond acceptors (Lipinski definition) is 5. The van der Waals surface area contributed by atoms with Crippen LogP contribution in [0.5, 0.6) is 0 Å². The van der Waals surface area contributed by atoms with E-state index in [9.17, 15) is 14.4 Å². The van der Waals surface area contributed by atoms with Crippen molar-refractivity contribution in [3.8, 4) is 0 Å². The first-order valence-electron chi connectivity index (χ1n) is 10.8. The van der Waals surface area contributed by atoms with Gasteiger partial charge in [0.25, 0.3) is 5.91 Å². The van der Waals surface area contributed by atoms with Crippen molar-refractivity contribution < 1.29 is 19.1 Å². The Kier molecular flexibility index (Phi) is 5.22. The molecule has 0 saturated carbocycles. The van der Waals surface area contributed by atoms with Crippen LogP contribution in [0.3, 0.4) is 0 Å². The van der Waals surface area contributed by atoms with Gasteiger partial charge >= 0.3 is 0 Å². The van der Waals surface area contributed by atoms with Crippen molar-refractivity contribution >= 4 is 40.3 Å². The van der Waals surface area contributed by atoms with Gasteiger partial charge in [0, 0.05) is 17.9 Å². The van der Waals surface area contributed by atoms with Crippen LogP contribution in [-0.4, -0.2) is 46.4 Å². The Hall–Kier alpha value is -3.52. The van der Waals surface area contributed by atoms with Crippen molar-refractivity contribution in [2.24, 2.45) is 0 Å². The maximum Gasteiger partial charge on any atom is 0.253 e. The van der Waals surface area contributed by atoms with Crippen LogP contribution in [0.25, 0.3) is 11.0 Å². The average molecular weight is 432 g/mol. The van der Waals surface area contributed by atoms with Gasteiger partial charge in [0.15, 0.2) is 5.78 Å². The monoisotopic (exact) mass is 432 g/mol. The number of carbonyl (C=O) groups is 3. The first-order valence-corrected chi connectivity index (χ1v) is 10.8. The highest BCUT2D eigenvalue weighted by molar-refractivity contribution is 6.05. The van der Waals surface area contributed by atoms with Crippen LogP contribution in [0, 0.1) is 0 Å². The Balaban J connectivity index is 1.40. The molecule has 3 heterocycles. The maximum absolute atomic E-state index is 13.4. The summed E-state index contributed by atoms with van der Waals surface area (Å²) in [5.41, 5.74) is 2.78. The number of hydrogen-bond donors (Lipinski definition) is 1. The number of aromatic nitrogens is 2. The molecule has 8 heteroatoms. The van der Waals surface area contributed by atoms with Gasteiger partial charge in [-0.2, -0.15) is 0 Å². The van der Waals surface area contributed by atoms with E-state index in [2.05, 4.69) is 10.3 Å². The Bertz CT molecular complexity index is 1190. The molecule has 32 heavy (non-hydrogen) atoms. The zero-order chi connectivity index (χ0) is 22.2. The van der Waals surface area contributed by atoms with Gasteiger partial charge in [-0.1, -0.05) is 12.1 Å². The number of rotatable bonds is 6. The van der Waals surface area contributed by atoms with Crippen molar-refractivity contribution in [1.82, 2.24) is 9.55 Å². The number of ketones is 1. The number of Topliss-reactive ketones (excluding diaryl/α,β-unsaturated/α-hetero) is 1. The fraction of sp³-hybridized carbons (Fsp3) is 0.333. The molecule has 2 aliphatic rings. The zero-order valence-corrected chi connectivity index (χ0v) is 17.8. The van der Waals surface area contributed by atoms with Gasteiger partial charge in [-0.25, -0.2) is 4.98 Å². The van der Waals surface area contributed by atoms with Crippen molar-refractivity contribution in [2.45, 2.75) is 38.3 Å². The summed E-state index contributed by atoms with van der Waals surface area (Å²) in [7, 11) is 0. The summed E-state index contributed by atoms with van der Waals surface area (Å²) >= 11 is 0. The minimum Gasteiger partial charge on any atom is -0.376 e. The molecule has 0 radical (unpaired) electrons. The normalized spacial score (nSPS) is 20.0. The second-order valence-electron chi connectivity index (χ2n) is 8.26. The van der Waals surface area contributed by atoms with Crippen molar-refractivity contribution in [1.29, 1.82) is 0 Å². The molecule has 2 unspecified atom stereocenters.